The number of hydrogen-bond acceptors (Lipinski definition) is 11. The molecular weight excluding hydrogens is 576 g/mol. The van der Waals surface area contributed by atoms with Crippen molar-refractivity contribution in [3.63, 3.8) is 0 Å². The van der Waals surface area contributed by atoms with Crippen molar-refractivity contribution < 1.29 is 27.5 Å². The number of anilines is 1. The zero-order chi connectivity index (χ0) is 28.0. The summed E-state index contributed by atoms with van der Waals surface area (Å²) in [5, 5.41) is 0. The summed E-state index contributed by atoms with van der Waals surface area (Å²) in [5.41, 5.74) is 7.99. The fourth-order valence-electron chi connectivity index (χ4n) is 4.00. The van der Waals surface area contributed by atoms with Crippen LogP contribution in [0.15, 0.2) is 67.3 Å². The number of rotatable bonds is 12. The van der Waals surface area contributed by atoms with Crippen molar-refractivity contribution in [3.8, 4) is 5.75 Å². The lowest BCUT2D eigenvalue weighted by molar-refractivity contribution is -0.0192. The molecule has 0 bridgehead atoms. The Hall–Kier alpha value is -2.67. The van der Waals surface area contributed by atoms with Crippen LogP contribution in [0.25, 0.3) is 11.2 Å². The molecule has 2 aromatic heterocycles. The number of nitrogen functional groups attached to an aromatic ring is 1. The molecule has 10 nitrogen and oxygen atoms in total. The van der Waals surface area contributed by atoms with Crippen molar-refractivity contribution >= 4 is 46.2 Å². The SMILES string of the molecule is C[C@H](Cn1cnc2c(N)ncnc21)OCP(=O)(Oc1ccc(F)cc1)OC1CSSC[C@@H]1OCc1ccccc1. The van der Waals surface area contributed by atoms with Gasteiger partial charge in [-0.15, -0.1) is 0 Å². The molecule has 5 rings (SSSR count). The van der Waals surface area contributed by atoms with Crippen molar-refractivity contribution in [2.24, 2.45) is 0 Å². The Balaban J connectivity index is 1.28. The molecule has 0 saturated carbocycles. The van der Waals surface area contributed by atoms with Crippen molar-refractivity contribution in [1.29, 1.82) is 0 Å². The van der Waals surface area contributed by atoms with Gasteiger partial charge in [0.15, 0.2) is 17.8 Å². The fraction of sp³-hybridized carbons (Fsp3) is 0.346. The quantitative estimate of drug-likeness (QED) is 0.162. The topological polar surface area (TPSA) is 124 Å². The number of nitrogens with zero attached hydrogens (tertiary/aromatic N) is 4. The molecular formula is C26H29FN5O5PS2. The third-order valence-corrected chi connectivity index (χ3v) is 9.98. The fourth-order valence-corrected chi connectivity index (χ4v) is 8.19. The van der Waals surface area contributed by atoms with Crippen LogP contribution in [0, 0.1) is 5.82 Å². The summed E-state index contributed by atoms with van der Waals surface area (Å²) in [5.74, 6) is 1.29. The third kappa shape index (κ3) is 7.54. The summed E-state index contributed by atoms with van der Waals surface area (Å²) in [6, 6.07) is 15.1. The van der Waals surface area contributed by atoms with Crippen molar-refractivity contribution in [2.45, 2.75) is 38.4 Å². The molecule has 4 atom stereocenters. The Morgan fingerprint density at radius 1 is 1.07 bits per heavy atom. The molecule has 1 aliphatic heterocycles. The molecule has 1 aliphatic rings. The van der Waals surface area contributed by atoms with E-state index in [2.05, 4.69) is 15.0 Å². The highest BCUT2D eigenvalue weighted by Gasteiger charge is 2.38. The van der Waals surface area contributed by atoms with Gasteiger partial charge in [0.1, 0.15) is 29.5 Å². The molecule has 40 heavy (non-hydrogen) atoms. The minimum absolute atomic E-state index is 0.216. The number of fused-ring (bicyclic) bond motifs is 1. The summed E-state index contributed by atoms with van der Waals surface area (Å²) in [6.45, 7) is 2.60. The van der Waals surface area contributed by atoms with Crippen LogP contribution in [-0.2, 0) is 31.7 Å². The Kier molecular flexibility index (Phi) is 9.61. The highest BCUT2D eigenvalue weighted by molar-refractivity contribution is 8.76. The van der Waals surface area contributed by atoms with E-state index in [1.807, 2.05) is 37.3 Å². The molecule has 0 spiro atoms. The van der Waals surface area contributed by atoms with Gasteiger partial charge < -0.3 is 24.3 Å². The van der Waals surface area contributed by atoms with Gasteiger partial charge in [0.25, 0.3) is 0 Å². The van der Waals surface area contributed by atoms with E-state index in [9.17, 15) is 8.96 Å². The molecule has 3 heterocycles. The predicted molar refractivity (Wildman–Crippen MR) is 155 cm³/mol. The first-order chi connectivity index (χ1) is 19.4. The molecule has 212 valence electrons. The average molecular weight is 606 g/mol. The highest BCUT2D eigenvalue weighted by atomic mass is 33.1. The summed E-state index contributed by atoms with van der Waals surface area (Å²) in [4.78, 5) is 12.5. The zero-order valence-electron chi connectivity index (χ0n) is 21.7. The van der Waals surface area contributed by atoms with Gasteiger partial charge in [0.2, 0.25) is 0 Å². The molecule has 0 aliphatic carbocycles. The number of halogens is 1. The lowest BCUT2D eigenvalue weighted by atomic mass is 10.2. The summed E-state index contributed by atoms with van der Waals surface area (Å²) >= 11 is 0. The monoisotopic (exact) mass is 605 g/mol. The van der Waals surface area contributed by atoms with Crippen molar-refractivity contribution in [1.82, 2.24) is 19.5 Å². The van der Waals surface area contributed by atoms with Gasteiger partial charge in [-0.2, -0.15) is 0 Å². The van der Waals surface area contributed by atoms with E-state index in [0.717, 1.165) is 5.56 Å². The van der Waals surface area contributed by atoms with Crippen LogP contribution in [0.4, 0.5) is 10.2 Å². The van der Waals surface area contributed by atoms with Crippen LogP contribution in [0.5, 0.6) is 5.75 Å². The van der Waals surface area contributed by atoms with Crippen LogP contribution in [0.1, 0.15) is 12.5 Å². The Bertz CT molecular complexity index is 1450. The minimum Gasteiger partial charge on any atom is -0.423 e. The lowest BCUT2D eigenvalue weighted by Gasteiger charge is -2.33. The van der Waals surface area contributed by atoms with Crippen molar-refractivity contribution in [2.75, 3.05) is 23.6 Å². The Morgan fingerprint density at radius 3 is 2.60 bits per heavy atom. The van der Waals surface area contributed by atoms with Gasteiger partial charge >= 0.3 is 7.60 Å². The van der Waals surface area contributed by atoms with E-state index in [1.54, 1.807) is 32.5 Å². The lowest BCUT2D eigenvalue weighted by Crippen LogP contribution is -2.38. The number of aromatic nitrogens is 4. The predicted octanol–water partition coefficient (Wildman–Crippen LogP) is 5.55. The van der Waals surface area contributed by atoms with Gasteiger partial charge in [-0.3, -0.25) is 4.52 Å². The minimum atomic E-state index is -3.88. The highest BCUT2D eigenvalue weighted by Crippen LogP contribution is 2.52. The maximum atomic E-state index is 14.1. The number of nitrogens with two attached hydrogens (primary N) is 1. The molecule has 1 fully saturated rings. The van der Waals surface area contributed by atoms with Gasteiger partial charge in [-0.05, 0) is 36.8 Å². The molecule has 0 amide bonds. The molecule has 2 aromatic carbocycles. The number of imidazole rings is 1. The van der Waals surface area contributed by atoms with Crippen LogP contribution < -0.4 is 10.3 Å². The van der Waals surface area contributed by atoms with Crippen LogP contribution in [-0.4, -0.2) is 55.7 Å². The molecule has 14 heteroatoms. The van der Waals surface area contributed by atoms with E-state index >= 15 is 0 Å². The van der Waals surface area contributed by atoms with Gasteiger partial charge in [-0.25, -0.2) is 23.9 Å². The van der Waals surface area contributed by atoms with E-state index < -0.39 is 25.6 Å². The van der Waals surface area contributed by atoms with Crippen LogP contribution in [0.3, 0.4) is 0 Å². The average Bonchev–Trinajstić information content (AvgIpc) is 3.37. The maximum Gasteiger partial charge on any atom is 0.405 e. The van der Waals surface area contributed by atoms with Crippen LogP contribution in [0.2, 0.25) is 0 Å². The molecule has 2 N–H and O–H groups in total. The first-order valence-corrected chi connectivity index (χ1v) is 16.8. The van der Waals surface area contributed by atoms with Gasteiger partial charge in [-0.1, -0.05) is 51.9 Å². The second-order valence-corrected chi connectivity index (χ2v) is 13.6. The second kappa shape index (κ2) is 13.3. The summed E-state index contributed by atoms with van der Waals surface area (Å²) < 4.78 is 53.6. The molecule has 2 unspecified atom stereocenters. The smallest absolute Gasteiger partial charge is 0.405 e. The normalized spacial score (nSPS) is 19.8. The van der Waals surface area contributed by atoms with Gasteiger partial charge in [0, 0.05) is 11.5 Å². The van der Waals surface area contributed by atoms with Gasteiger partial charge in [0.05, 0.1) is 31.7 Å². The van der Waals surface area contributed by atoms with Crippen molar-refractivity contribution in [3.05, 3.63) is 78.6 Å². The van der Waals surface area contributed by atoms with E-state index in [4.69, 9.17) is 24.3 Å². The molecule has 1 saturated heterocycles. The number of benzene rings is 2. The first-order valence-electron chi connectivity index (χ1n) is 12.5. The number of ether oxygens (including phenoxy) is 2. The summed E-state index contributed by atoms with van der Waals surface area (Å²) in [7, 11) is -0.581. The van der Waals surface area contributed by atoms with E-state index in [1.165, 1.54) is 30.6 Å². The molecule has 0 radical (unpaired) electrons. The number of hydrogen-bond donors (Lipinski definition) is 1. The second-order valence-electron chi connectivity index (χ2n) is 9.14. The largest absolute Gasteiger partial charge is 0.423 e. The standard InChI is InChI=1S/C26H29FN5O5PS2/c1-18(11-32-16-31-24-25(28)29-15-30-26(24)32)35-17-38(33,36-21-9-7-20(27)8-10-21)37-23-14-40-39-13-22(23)34-12-19-5-3-2-4-6-19/h2-10,15-16,18,22-23H,11-14,17H2,1H3,(H2,28,29,30)/t18-,22+,23?,38?/m1/s1. The van der Waals surface area contributed by atoms with E-state index in [0.29, 0.717) is 35.8 Å². The molecule has 4 aromatic rings. The summed E-state index contributed by atoms with van der Waals surface area (Å²) in [6.07, 6.45) is 1.43. The Morgan fingerprint density at radius 2 is 1.82 bits per heavy atom. The Labute approximate surface area is 239 Å². The van der Waals surface area contributed by atoms with Crippen LogP contribution >= 0.6 is 29.2 Å². The first kappa shape index (κ1) is 28.8. The third-order valence-electron chi connectivity index (χ3n) is 6.02. The van der Waals surface area contributed by atoms with E-state index in [-0.39, 0.29) is 24.0 Å². The maximum absolute atomic E-state index is 14.1. The zero-order valence-corrected chi connectivity index (χ0v) is 24.2.